The number of ether oxygens (including phenoxy) is 2. The molecule has 4 heteroatoms. The molecule has 1 aliphatic carbocycles. The van der Waals surface area contributed by atoms with Crippen molar-refractivity contribution in [1.29, 1.82) is 0 Å². The van der Waals surface area contributed by atoms with Gasteiger partial charge in [0.2, 0.25) is 0 Å². The van der Waals surface area contributed by atoms with Crippen LogP contribution in [-0.4, -0.2) is 18.0 Å². The van der Waals surface area contributed by atoms with Crippen LogP contribution in [0.1, 0.15) is 91.0 Å². The highest BCUT2D eigenvalue weighted by molar-refractivity contribution is 5.77. The van der Waals surface area contributed by atoms with Crippen LogP contribution < -0.4 is 0 Å². The van der Waals surface area contributed by atoms with Crippen molar-refractivity contribution in [2.45, 2.75) is 97.2 Å². The van der Waals surface area contributed by atoms with E-state index in [1.165, 1.54) is 12.8 Å². The fraction of sp³-hybridized carbons (Fsp3) is 0.667. The maximum atomic E-state index is 12.9. The molecule has 0 radical (unpaired) electrons. The van der Waals surface area contributed by atoms with Gasteiger partial charge in [0, 0.05) is 0 Å². The summed E-state index contributed by atoms with van der Waals surface area (Å²) in [6.45, 7) is 7.64. The van der Waals surface area contributed by atoms with Crippen LogP contribution in [0.4, 0.5) is 0 Å². The minimum Gasteiger partial charge on any atom is -0.461 e. The number of benzene rings is 1. The smallest absolute Gasteiger partial charge is 0.311 e. The van der Waals surface area contributed by atoms with Crippen molar-refractivity contribution in [3.05, 3.63) is 35.9 Å². The molecule has 1 aromatic carbocycles. The molecule has 0 heterocycles. The van der Waals surface area contributed by atoms with Crippen LogP contribution in [0.3, 0.4) is 0 Å². The highest BCUT2D eigenvalue weighted by atomic mass is 16.6. The first-order valence-electron chi connectivity index (χ1n) is 10.8. The van der Waals surface area contributed by atoms with E-state index in [4.69, 9.17) is 9.47 Å². The Balaban J connectivity index is 2.09. The predicted octanol–water partition coefficient (Wildman–Crippen LogP) is 5.93. The Kier molecular flexibility index (Phi) is 8.09. The summed E-state index contributed by atoms with van der Waals surface area (Å²) in [6.07, 6.45) is 7.12. The topological polar surface area (TPSA) is 52.6 Å². The van der Waals surface area contributed by atoms with Gasteiger partial charge in [-0.15, -0.1) is 0 Å². The molecule has 1 unspecified atom stereocenters. The van der Waals surface area contributed by atoms with E-state index in [1.54, 1.807) is 0 Å². The van der Waals surface area contributed by atoms with E-state index in [0.29, 0.717) is 12.8 Å². The quantitative estimate of drug-likeness (QED) is 0.409. The number of hydrogen-bond acceptors (Lipinski definition) is 4. The highest BCUT2D eigenvalue weighted by Crippen LogP contribution is 2.40. The third kappa shape index (κ3) is 5.83. The van der Waals surface area contributed by atoms with Crippen LogP contribution in [0, 0.1) is 5.41 Å². The molecule has 0 aromatic heterocycles. The second-order valence-corrected chi connectivity index (χ2v) is 8.63. The Morgan fingerprint density at radius 2 is 1.64 bits per heavy atom. The standard InChI is InChI=1S/C24H36O4/c1-5-20(27-22(26)23(3,4)6-2)18-21(25)28-24(16-12-7-8-13-17-24)19-14-10-9-11-15-19/h9-11,14-15,20H,5-8,12-13,16-18H2,1-4H3. The molecule has 28 heavy (non-hydrogen) atoms. The van der Waals surface area contributed by atoms with E-state index < -0.39 is 17.1 Å². The average Bonchev–Trinajstić information content (AvgIpc) is 2.94. The predicted molar refractivity (Wildman–Crippen MR) is 111 cm³/mol. The summed E-state index contributed by atoms with van der Waals surface area (Å²) >= 11 is 0. The molecular formula is C24H36O4. The highest BCUT2D eigenvalue weighted by Gasteiger charge is 2.37. The van der Waals surface area contributed by atoms with E-state index in [1.807, 2.05) is 45.9 Å². The molecule has 1 aromatic rings. The van der Waals surface area contributed by atoms with E-state index in [-0.39, 0.29) is 18.4 Å². The monoisotopic (exact) mass is 388 g/mol. The molecule has 2 rings (SSSR count). The second kappa shape index (κ2) is 10.1. The van der Waals surface area contributed by atoms with E-state index in [2.05, 4.69) is 12.1 Å². The van der Waals surface area contributed by atoms with Crippen LogP contribution in [0.25, 0.3) is 0 Å². The number of carbonyl (C=O) groups excluding carboxylic acids is 2. The van der Waals surface area contributed by atoms with Gasteiger partial charge in [0.1, 0.15) is 11.7 Å². The van der Waals surface area contributed by atoms with E-state index in [0.717, 1.165) is 31.2 Å². The average molecular weight is 389 g/mol. The van der Waals surface area contributed by atoms with Gasteiger partial charge in [-0.1, -0.05) is 57.0 Å². The van der Waals surface area contributed by atoms with Crippen molar-refractivity contribution in [2.75, 3.05) is 0 Å². The molecule has 0 N–H and O–H groups in total. The zero-order valence-corrected chi connectivity index (χ0v) is 18.0. The van der Waals surface area contributed by atoms with Gasteiger partial charge in [-0.3, -0.25) is 9.59 Å². The lowest BCUT2D eigenvalue weighted by Gasteiger charge is -2.34. The zero-order chi connectivity index (χ0) is 20.6. The number of hydrogen-bond donors (Lipinski definition) is 0. The Morgan fingerprint density at radius 1 is 1.04 bits per heavy atom. The van der Waals surface area contributed by atoms with Gasteiger partial charge in [-0.05, 0) is 57.9 Å². The molecule has 0 amide bonds. The van der Waals surface area contributed by atoms with E-state index >= 15 is 0 Å². The summed E-state index contributed by atoms with van der Waals surface area (Å²) in [5.74, 6) is -0.526. The van der Waals surface area contributed by atoms with Crippen LogP contribution in [0.5, 0.6) is 0 Å². The number of rotatable bonds is 8. The van der Waals surface area contributed by atoms with Gasteiger partial charge in [0.15, 0.2) is 0 Å². The summed E-state index contributed by atoms with van der Waals surface area (Å²) in [6, 6.07) is 10.1. The molecule has 0 aliphatic heterocycles. The normalized spacial score (nSPS) is 18.0. The molecule has 0 spiro atoms. The van der Waals surface area contributed by atoms with Crippen LogP contribution in [-0.2, 0) is 24.7 Å². The van der Waals surface area contributed by atoms with Gasteiger partial charge in [-0.25, -0.2) is 0 Å². The molecule has 0 saturated heterocycles. The fourth-order valence-corrected chi connectivity index (χ4v) is 3.66. The molecule has 1 fully saturated rings. The molecule has 1 aliphatic rings. The third-order valence-corrected chi connectivity index (χ3v) is 6.08. The van der Waals surface area contributed by atoms with E-state index in [9.17, 15) is 9.59 Å². The maximum Gasteiger partial charge on any atom is 0.311 e. The Bertz CT molecular complexity index is 627. The molecule has 1 saturated carbocycles. The van der Waals surface area contributed by atoms with Gasteiger partial charge in [-0.2, -0.15) is 0 Å². The third-order valence-electron chi connectivity index (χ3n) is 6.08. The first-order chi connectivity index (χ1) is 13.3. The summed E-state index contributed by atoms with van der Waals surface area (Å²) < 4.78 is 11.8. The lowest BCUT2D eigenvalue weighted by molar-refractivity contribution is -0.171. The van der Waals surface area contributed by atoms with Crippen LogP contribution in [0.15, 0.2) is 30.3 Å². The van der Waals surface area contributed by atoms with Crippen molar-refractivity contribution in [2.24, 2.45) is 5.41 Å². The fourth-order valence-electron chi connectivity index (χ4n) is 3.66. The van der Waals surface area contributed by atoms with Crippen molar-refractivity contribution < 1.29 is 19.1 Å². The number of esters is 2. The minimum absolute atomic E-state index is 0.108. The Hall–Kier alpha value is -1.84. The zero-order valence-electron chi connectivity index (χ0n) is 18.0. The molecular weight excluding hydrogens is 352 g/mol. The molecule has 0 bridgehead atoms. The first-order valence-corrected chi connectivity index (χ1v) is 10.8. The SMILES string of the molecule is CCC(CC(=O)OC1(c2ccccc2)CCCCCC1)OC(=O)C(C)(C)CC. The summed E-state index contributed by atoms with van der Waals surface area (Å²) in [5.41, 5.74) is -0.0219. The maximum absolute atomic E-state index is 12.9. The molecule has 156 valence electrons. The second-order valence-electron chi connectivity index (χ2n) is 8.63. The van der Waals surface area contributed by atoms with Gasteiger partial charge >= 0.3 is 11.9 Å². The van der Waals surface area contributed by atoms with Crippen molar-refractivity contribution >= 4 is 11.9 Å². The summed E-state index contributed by atoms with van der Waals surface area (Å²) in [7, 11) is 0. The summed E-state index contributed by atoms with van der Waals surface area (Å²) in [4.78, 5) is 25.3. The van der Waals surface area contributed by atoms with Crippen LogP contribution in [0.2, 0.25) is 0 Å². The first kappa shape index (κ1) is 22.4. The van der Waals surface area contributed by atoms with Crippen molar-refractivity contribution in [3.8, 4) is 0 Å². The minimum atomic E-state index is -0.556. The van der Waals surface area contributed by atoms with Gasteiger partial charge < -0.3 is 9.47 Å². The molecule has 1 atom stereocenters. The lowest BCUT2D eigenvalue weighted by atomic mass is 9.86. The number of carbonyl (C=O) groups is 2. The lowest BCUT2D eigenvalue weighted by Crippen LogP contribution is -2.35. The van der Waals surface area contributed by atoms with Gasteiger partial charge in [0.05, 0.1) is 11.8 Å². The van der Waals surface area contributed by atoms with Crippen molar-refractivity contribution in [3.63, 3.8) is 0 Å². The van der Waals surface area contributed by atoms with Crippen molar-refractivity contribution in [1.82, 2.24) is 0 Å². The Morgan fingerprint density at radius 3 is 2.18 bits per heavy atom. The van der Waals surface area contributed by atoms with Crippen LogP contribution >= 0.6 is 0 Å². The largest absolute Gasteiger partial charge is 0.461 e. The Labute approximate surface area is 170 Å². The van der Waals surface area contributed by atoms with Gasteiger partial charge in [0.25, 0.3) is 0 Å². The molecule has 4 nitrogen and oxygen atoms in total. The summed E-state index contributed by atoms with van der Waals surface area (Å²) in [5, 5.41) is 0.